The number of halogens is 1. The predicted octanol–water partition coefficient (Wildman–Crippen LogP) is 3.15. The Bertz CT molecular complexity index is 548. The molecule has 0 saturated heterocycles. The minimum atomic E-state index is -0.330. The molecule has 1 heterocycles. The van der Waals surface area contributed by atoms with E-state index >= 15 is 0 Å². The van der Waals surface area contributed by atoms with Gasteiger partial charge in [-0.1, -0.05) is 0 Å². The van der Waals surface area contributed by atoms with Crippen molar-refractivity contribution in [2.45, 2.75) is 13.8 Å². The number of carbonyl (C=O) groups excluding carboxylic acids is 1. The van der Waals surface area contributed by atoms with Gasteiger partial charge in [0, 0.05) is 10.6 Å². The highest BCUT2D eigenvalue weighted by Gasteiger charge is 2.13. The summed E-state index contributed by atoms with van der Waals surface area (Å²) in [5.74, 6) is -0.595. The lowest BCUT2D eigenvalue weighted by Gasteiger charge is -2.03. The molecule has 5 heteroatoms. The van der Waals surface area contributed by atoms with Gasteiger partial charge in [-0.05, 0) is 38.1 Å². The summed E-state index contributed by atoms with van der Waals surface area (Å²) >= 11 is 1.48. The molecule has 1 aromatic heterocycles. The first-order valence-corrected chi connectivity index (χ1v) is 5.89. The molecule has 0 aliphatic heterocycles. The van der Waals surface area contributed by atoms with Crippen LogP contribution in [0.5, 0.6) is 0 Å². The first-order valence-electron chi connectivity index (χ1n) is 5.07. The number of nitrogens with one attached hydrogen (secondary N) is 1. The van der Waals surface area contributed by atoms with Gasteiger partial charge in [-0.25, -0.2) is 9.37 Å². The Morgan fingerprint density at radius 3 is 2.47 bits per heavy atom. The van der Waals surface area contributed by atoms with Crippen molar-refractivity contribution in [3.63, 3.8) is 0 Å². The molecular formula is C12H11FN2OS. The fourth-order valence-electron chi connectivity index (χ4n) is 1.46. The third kappa shape index (κ3) is 2.68. The van der Waals surface area contributed by atoms with Gasteiger partial charge in [0.1, 0.15) is 11.5 Å². The molecule has 88 valence electrons. The molecule has 0 fully saturated rings. The van der Waals surface area contributed by atoms with Gasteiger partial charge in [0.2, 0.25) is 0 Å². The van der Waals surface area contributed by atoms with Crippen LogP contribution in [0.4, 0.5) is 10.1 Å². The van der Waals surface area contributed by atoms with Gasteiger partial charge < -0.3 is 5.32 Å². The van der Waals surface area contributed by atoms with Gasteiger partial charge in [-0.2, -0.15) is 0 Å². The molecule has 0 spiro atoms. The van der Waals surface area contributed by atoms with E-state index in [4.69, 9.17) is 0 Å². The molecule has 17 heavy (non-hydrogen) atoms. The third-order valence-electron chi connectivity index (χ3n) is 2.22. The topological polar surface area (TPSA) is 42.0 Å². The quantitative estimate of drug-likeness (QED) is 0.889. The zero-order valence-electron chi connectivity index (χ0n) is 9.45. The third-order valence-corrected chi connectivity index (χ3v) is 3.11. The van der Waals surface area contributed by atoms with Gasteiger partial charge in [0.25, 0.3) is 5.91 Å². The van der Waals surface area contributed by atoms with Crippen LogP contribution in [-0.4, -0.2) is 10.9 Å². The number of anilines is 1. The van der Waals surface area contributed by atoms with Crippen molar-refractivity contribution in [2.24, 2.45) is 0 Å². The molecular weight excluding hydrogens is 239 g/mol. The molecule has 1 amide bonds. The second-order valence-electron chi connectivity index (χ2n) is 3.60. The lowest BCUT2D eigenvalue weighted by molar-refractivity contribution is 0.102. The zero-order valence-corrected chi connectivity index (χ0v) is 10.3. The highest BCUT2D eigenvalue weighted by Crippen LogP contribution is 2.18. The van der Waals surface area contributed by atoms with Crippen LogP contribution in [-0.2, 0) is 0 Å². The van der Waals surface area contributed by atoms with Gasteiger partial charge in [-0.15, -0.1) is 11.3 Å². The number of rotatable bonds is 2. The molecule has 1 N–H and O–H groups in total. The number of carbonyl (C=O) groups is 1. The minimum Gasteiger partial charge on any atom is -0.321 e. The smallest absolute Gasteiger partial charge is 0.275 e. The Hall–Kier alpha value is -1.75. The molecule has 2 rings (SSSR count). The molecule has 0 unspecified atom stereocenters. The lowest BCUT2D eigenvalue weighted by Crippen LogP contribution is -2.13. The summed E-state index contributed by atoms with van der Waals surface area (Å²) in [6, 6.07) is 5.63. The average Bonchev–Trinajstić information content (AvgIpc) is 2.61. The van der Waals surface area contributed by atoms with Crippen molar-refractivity contribution in [3.8, 4) is 0 Å². The van der Waals surface area contributed by atoms with Crippen LogP contribution in [0, 0.1) is 19.7 Å². The van der Waals surface area contributed by atoms with Crippen LogP contribution >= 0.6 is 11.3 Å². The summed E-state index contributed by atoms with van der Waals surface area (Å²) < 4.78 is 12.7. The Kier molecular flexibility index (Phi) is 3.19. The molecule has 0 saturated carbocycles. The van der Waals surface area contributed by atoms with E-state index in [1.165, 1.54) is 35.6 Å². The van der Waals surface area contributed by atoms with Crippen LogP contribution < -0.4 is 5.32 Å². The van der Waals surface area contributed by atoms with Crippen molar-refractivity contribution < 1.29 is 9.18 Å². The Morgan fingerprint density at radius 1 is 1.29 bits per heavy atom. The lowest BCUT2D eigenvalue weighted by atomic mass is 10.3. The number of nitrogens with zero attached hydrogens (tertiary/aromatic N) is 1. The van der Waals surface area contributed by atoms with Crippen LogP contribution in [0.1, 0.15) is 20.4 Å². The van der Waals surface area contributed by atoms with Gasteiger partial charge >= 0.3 is 0 Å². The molecule has 1 aromatic carbocycles. The average molecular weight is 250 g/mol. The molecule has 2 aromatic rings. The van der Waals surface area contributed by atoms with E-state index in [0.29, 0.717) is 11.4 Å². The highest BCUT2D eigenvalue weighted by molar-refractivity contribution is 7.11. The van der Waals surface area contributed by atoms with E-state index < -0.39 is 0 Å². The predicted molar refractivity (Wildman–Crippen MR) is 65.9 cm³/mol. The number of benzene rings is 1. The fourth-order valence-corrected chi connectivity index (χ4v) is 2.28. The molecule has 3 nitrogen and oxygen atoms in total. The second kappa shape index (κ2) is 4.63. The monoisotopic (exact) mass is 250 g/mol. The first kappa shape index (κ1) is 11.7. The van der Waals surface area contributed by atoms with Crippen LogP contribution in [0.2, 0.25) is 0 Å². The van der Waals surface area contributed by atoms with Crippen molar-refractivity contribution in [1.82, 2.24) is 4.98 Å². The minimum absolute atomic E-state index is 0.265. The second-order valence-corrected chi connectivity index (χ2v) is 5.01. The number of thiazole rings is 1. The normalized spacial score (nSPS) is 10.3. The molecule has 0 bridgehead atoms. The number of aryl methyl sites for hydroxylation is 2. The Labute approximate surface area is 102 Å². The summed E-state index contributed by atoms with van der Waals surface area (Å²) in [6.07, 6.45) is 0. The Balaban J connectivity index is 2.17. The number of hydrogen-bond acceptors (Lipinski definition) is 3. The molecule has 0 radical (unpaired) electrons. The standard InChI is InChI=1S/C12H11FN2OS/c1-7-11(14-8(2)17-7)12(16)15-10-5-3-9(13)4-6-10/h3-6H,1-2H3,(H,15,16). The van der Waals surface area contributed by atoms with Crippen molar-refractivity contribution >= 4 is 22.9 Å². The maximum Gasteiger partial charge on any atom is 0.275 e. The van der Waals surface area contributed by atoms with Gasteiger partial charge in [0.15, 0.2) is 0 Å². The van der Waals surface area contributed by atoms with Crippen LogP contribution in [0.25, 0.3) is 0 Å². The zero-order chi connectivity index (χ0) is 12.4. The van der Waals surface area contributed by atoms with Crippen LogP contribution in [0.3, 0.4) is 0 Å². The summed E-state index contributed by atoms with van der Waals surface area (Å²) in [4.78, 5) is 16.9. The fraction of sp³-hybridized carbons (Fsp3) is 0.167. The van der Waals surface area contributed by atoms with E-state index in [9.17, 15) is 9.18 Å². The first-order chi connectivity index (χ1) is 8.06. The van der Waals surface area contributed by atoms with E-state index in [0.717, 1.165) is 9.88 Å². The Morgan fingerprint density at radius 2 is 1.94 bits per heavy atom. The van der Waals surface area contributed by atoms with E-state index in [1.54, 1.807) is 0 Å². The highest BCUT2D eigenvalue weighted by atomic mass is 32.1. The van der Waals surface area contributed by atoms with E-state index in [-0.39, 0.29) is 11.7 Å². The molecule has 0 aliphatic rings. The molecule has 0 aliphatic carbocycles. The maximum atomic E-state index is 12.7. The van der Waals surface area contributed by atoms with Crippen LogP contribution in [0.15, 0.2) is 24.3 Å². The maximum absolute atomic E-state index is 12.7. The van der Waals surface area contributed by atoms with Gasteiger partial charge in [-0.3, -0.25) is 4.79 Å². The summed E-state index contributed by atoms with van der Waals surface area (Å²) in [5, 5.41) is 3.53. The van der Waals surface area contributed by atoms with Crippen molar-refractivity contribution in [2.75, 3.05) is 5.32 Å². The number of hydrogen-bond donors (Lipinski definition) is 1. The van der Waals surface area contributed by atoms with Crippen molar-refractivity contribution in [3.05, 3.63) is 45.7 Å². The summed E-state index contributed by atoms with van der Waals surface area (Å²) in [6.45, 7) is 3.70. The summed E-state index contributed by atoms with van der Waals surface area (Å²) in [7, 11) is 0. The number of amides is 1. The SMILES string of the molecule is Cc1nc(C(=O)Nc2ccc(F)cc2)c(C)s1. The largest absolute Gasteiger partial charge is 0.321 e. The van der Waals surface area contributed by atoms with E-state index in [2.05, 4.69) is 10.3 Å². The molecule has 0 atom stereocenters. The number of aromatic nitrogens is 1. The van der Waals surface area contributed by atoms with Crippen molar-refractivity contribution in [1.29, 1.82) is 0 Å². The van der Waals surface area contributed by atoms with E-state index in [1.807, 2.05) is 13.8 Å². The summed E-state index contributed by atoms with van der Waals surface area (Å²) in [5.41, 5.74) is 0.985. The van der Waals surface area contributed by atoms with Gasteiger partial charge in [0.05, 0.1) is 5.01 Å².